The van der Waals surface area contributed by atoms with Crippen LogP contribution in [0.2, 0.25) is 0 Å². The molecule has 5 aromatic carbocycles. The summed E-state index contributed by atoms with van der Waals surface area (Å²) in [5.41, 5.74) is 8.42. The summed E-state index contributed by atoms with van der Waals surface area (Å²) in [6, 6.07) is 22.8. The monoisotopic (exact) mass is 1310 g/mol. The zero-order chi connectivity index (χ0) is 65.3. The number of amides is 10. The van der Waals surface area contributed by atoms with Crippen molar-refractivity contribution in [2.75, 3.05) is 73.7 Å². The van der Waals surface area contributed by atoms with Gasteiger partial charge in [0.25, 0.3) is 11.8 Å². The maximum atomic E-state index is 14.6. The number of carbonyl (C=O) groups is 9. The van der Waals surface area contributed by atoms with E-state index < -0.39 is 85.5 Å². The molecule has 0 unspecified atom stereocenters. The Morgan fingerprint density at radius 1 is 0.700 bits per heavy atom. The highest BCUT2D eigenvalue weighted by Crippen LogP contribution is 2.50. The summed E-state index contributed by atoms with van der Waals surface area (Å²) >= 11 is 14.0. The summed E-state index contributed by atoms with van der Waals surface area (Å²) in [5.74, 6) is -3.89. The largest absolute Gasteiger partial charge is 0.524 e. The van der Waals surface area contributed by atoms with Gasteiger partial charge in [0.05, 0.1) is 21.1 Å². The lowest BCUT2D eigenvalue weighted by Crippen LogP contribution is -2.57. The number of anilines is 3. The van der Waals surface area contributed by atoms with Crippen LogP contribution in [0.25, 0.3) is 21.5 Å². The van der Waals surface area contributed by atoms with Crippen molar-refractivity contribution >= 4 is 135 Å². The first-order chi connectivity index (χ1) is 42.8. The third-order valence-electron chi connectivity index (χ3n) is 15.2. The van der Waals surface area contributed by atoms with Crippen LogP contribution in [0.3, 0.4) is 0 Å². The minimum atomic E-state index is -5.00. The summed E-state index contributed by atoms with van der Waals surface area (Å²) < 4.78 is 28.7. The molecule has 0 aliphatic carbocycles. The Morgan fingerprint density at radius 3 is 1.73 bits per heavy atom. The number of alkyl halides is 2. The van der Waals surface area contributed by atoms with Crippen LogP contribution in [0.15, 0.2) is 97.1 Å². The van der Waals surface area contributed by atoms with E-state index in [4.69, 9.17) is 42.9 Å². The first-order valence-corrected chi connectivity index (χ1v) is 32.0. The van der Waals surface area contributed by atoms with E-state index in [2.05, 4.69) is 26.6 Å². The van der Waals surface area contributed by atoms with Gasteiger partial charge in [-0.3, -0.25) is 38.6 Å². The minimum absolute atomic E-state index is 0.0161. The lowest BCUT2D eigenvalue weighted by Gasteiger charge is -2.26. The van der Waals surface area contributed by atoms with Crippen LogP contribution >= 0.6 is 42.4 Å². The average Bonchev–Trinajstić information content (AvgIpc) is 1.56. The van der Waals surface area contributed by atoms with Crippen LogP contribution in [0.5, 0.6) is 11.5 Å². The van der Waals surface area contributed by atoms with E-state index in [9.17, 15) is 57.5 Å². The van der Waals surface area contributed by atoms with Crippen molar-refractivity contribution in [2.45, 2.75) is 77.1 Å². The van der Waals surface area contributed by atoms with Crippen LogP contribution in [-0.2, 0) is 35.1 Å². The van der Waals surface area contributed by atoms with Crippen molar-refractivity contribution in [1.29, 1.82) is 0 Å². The average molecular weight is 1320 g/mol. The smallest absolute Gasteiger partial charge is 0.445 e. The van der Waals surface area contributed by atoms with E-state index in [0.717, 1.165) is 22.5 Å². The molecule has 9 N–H and O–H groups in total. The third-order valence-corrected chi connectivity index (χ3v) is 17.4. The first-order valence-electron chi connectivity index (χ1n) is 28.6. The van der Waals surface area contributed by atoms with Crippen LogP contribution in [0.1, 0.15) is 88.4 Å². The molecular formula is C61H69Cl2N10O15PS. The summed E-state index contributed by atoms with van der Waals surface area (Å²) in [6.07, 6.45) is -1.14. The number of nitrogens with two attached hydrogens (primary N) is 1. The molecule has 0 spiro atoms. The van der Waals surface area contributed by atoms with Gasteiger partial charge >= 0.3 is 26.0 Å². The number of phosphoric ester groups is 1. The molecule has 8 rings (SSSR count). The number of hydrogen-bond acceptors (Lipinski definition) is 14. The summed E-state index contributed by atoms with van der Waals surface area (Å²) in [6.45, 7) is 6.48. The van der Waals surface area contributed by atoms with Crippen LogP contribution in [0.4, 0.5) is 31.4 Å². The summed E-state index contributed by atoms with van der Waals surface area (Å²) in [4.78, 5) is 144. The number of nitrogens with zero attached hydrogens (tertiary/aromatic N) is 4. The van der Waals surface area contributed by atoms with Gasteiger partial charge in [-0.1, -0.05) is 74.5 Å². The molecule has 29 heteroatoms. The fourth-order valence-corrected chi connectivity index (χ4v) is 12.5. The number of primary amides is 1. The molecule has 0 radical (unpaired) electrons. The number of fused-ring (bicyclic) bond motifs is 6. The number of thiophene rings is 1. The Kier molecular flexibility index (Phi) is 22.0. The fourth-order valence-electron chi connectivity index (χ4n) is 10.6. The molecule has 10 amide bonds. The third kappa shape index (κ3) is 16.1. The standard InChI is InChI=1S/C61H69Cl2N10O15PS/c1-33(2)53(69-54(75)34(3)66-35(4)74)56(77)68-44(16-11-23-65-59(64)80)55(76)67-39-19-17-36(18-20-39)32-86-60(81)70(5)24-25-71(6)61(82)87-47-26-45-51(42-14-9-7-12-40(42)47)37(28-62)30-72(45)57(78)49-21-22-50(90-49)58(79)73-31-38(29-63)52-43-15-10-8-13-41(43)48(27-46(52)73)88-89(83,84)85/h7-10,12-15,17-22,26-27,33-34,37-38,44,53H,11,16,23-25,28-32H2,1-6H3,(H,66,74)(H,67,76)(H,68,77)(H,69,75)(H3,64,65,80)(H2,83,84,85)/t34-,37+,38+,44-,53-/m0/s1. The molecule has 478 valence electrons. The van der Waals surface area contributed by atoms with Gasteiger partial charge in [-0.15, -0.1) is 34.5 Å². The molecule has 90 heavy (non-hydrogen) atoms. The number of carbonyl (C=O) groups excluding carboxylic acids is 9. The highest BCUT2D eigenvalue weighted by atomic mass is 35.5. The number of ether oxygens (including phenoxy) is 2. The molecule has 0 bridgehead atoms. The Hall–Kier alpha value is -8.52. The van der Waals surface area contributed by atoms with Gasteiger partial charge in [-0.2, -0.15) is 0 Å². The summed E-state index contributed by atoms with van der Waals surface area (Å²) in [7, 11) is -2.01. The van der Waals surface area contributed by atoms with Crippen LogP contribution in [-0.4, -0.2) is 150 Å². The molecule has 3 heterocycles. The van der Waals surface area contributed by atoms with Gasteiger partial charge in [-0.05, 0) is 77.4 Å². The molecule has 1 aromatic heterocycles. The number of urea groups is 1. The van der Waals surface area contributed by atoms with Crippen molar-refractivity contribution in [3.8, 4) is 11.5 Å². The molecule has 2 aliphatic rings. The number of likely N-dealkylation sites (N-methyl/N-ethyl adjacent to an activating group) is 2. The Labute approximate surface area is 532 Å². The second kappa shape index (κ2) is 29.4. The van der Waals surface area contributed by atoms with Gasteiger partial charge < -0.3 is 65.9 Å². The first kappa shape index (κ1) is 67.4. The van der Waals surface area contributed by atoms with E-state index in [1.54, 1.807) is 97.6 Å². The molecule has 0 fully saturated rings. The summed E-state index contributed by atoms with van der Waals surface area (Å²) in [5, 5.41) is 15.3. The molecule has 5 atom stereocenters. The highest BCUT2D eigenvalue weighted by molar-refractivity contribution is 7.46. The lowest BCUT2D eigenvalue weighted by atomic mass is 9.95. The van der Waals surface area contributed by atoms with E-state index in [-0.39, 0.29) is 97.0 Å². The molecule has 0 saturated carbocycles. The van der Waals surface area contributed by atoms with Crippen molar-refractivity contribution in [3.63, 3.8) is 0 Å². The topological polar surface area (TPSA) is 338 Å². The number of nitrogens with one attached hydrogen (secondary N) is 5. The molecule has 6 aromatic rings. The highest BCUT2D eigenvalue weighted by Gasteiger charge is 2.39. The Bertz CT molecular complexity index is 3790. The second-order valence-corrected chi connectivity index (χ2v) is 24.9. The van der Waals surface area contributed by atoms with Gasteiger partial charge in [0, 0.05) is 106 Å². The van der Waals surface area contributed by atoms with Crippen LogP contribution < -0.4 is 51.4 Å². The van der Waals surface area contributed by atoms with Crippen molar-refractivity contribution in [3.05, 3.63) is 124 Å². The van der Waals surface area contributed by atoms with E-state index >= 15 is 0 Å². The Balaban J connectivity index is 0.877. The second-order valence-electron chi connectivity index (χ2n) is 22.1. The fraction of sp³-hybridized carbons (Fsp3) is 0.361. The maximum absolute atomic E-state index is 14.6. The van der Waals surface area contributed by atoms with E-state index in [1.807, 2.05) is 12.1 Å². The molecule has 25 nitrogen and oxygen atoms in total. The van der Waals surface area contributed by atoms with Gasteiger partial charge in [0.15, 0.2) is 0 Å². The van der Waals surface area contributed by atoms with Crippen molar-refractivity contribution < 1.29 is 71.5 Å². The molecule has 0 saturated heterocycles. The minimum Gasteiger partial charge on any atom is -0.445 e. The number of benzene rings is 5. The van der Waals surface area contributed by atoms with Crippen LogP contribution in [0, 0.1) is 5.92 Å². The SMILES string of the molecule is CC(=O)N[C@@H](C)C(=O)N[C@H](C(=O)N[C@@H](CCCNC(N)=O)C(=O)Nc1ccc(COC(=O)N(C)CCN(C)C(=O)Oc2cc3c(c4ccccc24)[C@H](CCl)CN3C(=O)c2ccc(C(=O)N3C[C@@H](CCl)c4c3cc(OP(=O)(O)O)c3ccccc43)s2)cc1)C(C)C. The van der Waals surface area contributed by atoms with Gasteiger partial charge in [0.1, 0.15) is 36.2 Å². The maximum Gasteiger partial charge on any atom is 0.524 e. The predicted molar refractivity (Wildman–Crippen MR) is 341 cm³/mol. The van der Waals surface area contributed by atoms with Crippen molar-refractivity contribution in [1.82, 2.24) is 31.1 Å². The number of hydrogen-bond donors (Lipinski definition) is 8. The predicted octanol–water partition coefficient (Wildman–Crippen LogP) is 7.73. The molecular weight excluding hydrogens is 1250 g/mol. The quantitative estimate of drug-likeness (QED) is 0.0163. The zero-order valence-corrected chi connectivity index (χ0v) is 53.2. The van der Waals surface area contributed by atoms with E-state index in [0.29, 0.717) is 44.2 Å². The molecule has 2 aliphatic heterocycles. The normalized spacial score (nSPS) is 15.2. The Morgan fingerprint density at radius 2 is 1.22 bits per heavy atom. The zero-order valence-electron chi connectivity index (χ0n) is 50.0. The van der Waals surface area contributed by atoms with Crippen molar-refractivity contribution in [2.24, 2.45) is 11.7 Å². The van der Waals surface area contributed by atoms with Gasteiger partial charge in [-0.25, -0.2) is 18.9 Å². The lowest BCUT2D eigenvalue weighted by molar-refractivity contribution is -0.133. The van der Waals surface area contributed by atoms with Gasteiger partial charge in [0.2, 0.25) is 23.6 Å². The number of rotatable bonds is 24. The van der Waals surface area contributed by atoms with E-state index in [1.165, 1.54) is 48.7 Å². The number of halogens is 2. The number of phosphoric acid groups is 1.